The number of aliphatic carboxylic acids is 1. The van der Waals surface area contributed by atoms with Crippen LogP contribution in [0.4, 0.5) is 0 Å². The van der Waals surface area contributed by atoms with E-state index in [0.29, 0.717) is 44.0 Å². The van der Waals surface area contributed by atoms with Crippen molar-refractivity contribution in [2.75, 3.05) is 39.3 Å². The van der Waals surface area contributed by atoms with Gasteiger partial charge in [0.15, 0.2) is 6.54 Å². The summed E-state index contributed by atoms with van der Waals surface area (Å²) >= 11 is 2.23. The van der Waals surface area contributed by atoms with Crippen molar-refractivity contribution in [3.63, 3.8) is 0 Å². The number of carbonyl (C=O) groups excluding carboxylic acids is 2. The largest absolute Gasteiger partial charge is 0.632 e. The highest BCUT2D eigenvalue weighted by Gasteiger charge is 2.59. The number of nitrogens with zero attached hydrogens (tertiary/aromatic N) is 3. The van der Waals surface area contributed by atoms with Crippen LogP contribution in [0.2, 0.25) is 0 Å². The van der Waals surface area contributed by atoms with Crippen LogP contribution in [0.1, 0.15) is 26.3 Å². The first-order valence-electron chi connectivity index (χ1n) is 12.2. The molecule has 0 saturated carbocycles. The van der Waals surface area contributed by atoms with Crippen molar-refractivity contribution < 1.29 is 28.9 Å². The van der Waals surface area contributed by atoms with Crippen molar-refractivity contribution in [1.29, 1.82) is 0 Å². The predicted molar refractivity (Wildman–Crippen MR) is 140 cm³/mol. The monoisotopic (exact) mass is 612 g/mol. The first-order chi connectivity index (χ1) is 16.9. The molecule has 0 radical (unpaired) electrons. The van der Waals surface area contributed by atoms with Gasteiger partial charge >= 0.3 is 5.97 Å². The number of carboxylic acid groups (broad SMARTS) is 1. The number of halogens is 1. The molecule has 0 aliphatic carbocycles. The quantitative estimate of drug-likeness (QED) is 0.188. The second kappa shape index (κ2) is 10.3. The number of primary amides is 1. The predicted octanol–water partition coefficient (Wildman–Crippen LogP) is 1.76. The molecule has 3 N–H and O–H groups in total. The third-order valence-electron chi connectivity index (χ3n) is 7.63. The first-order valence-corrected chi connectivity index (χ1v) is 13.3. The summed E-state index contributed by atoms with van der Waals surface area (Å²) < 4.78 is 6.48. The minimum atomic E-state index is -1.10. The first kappa shape index (κ1) is 26.8. The highest BCUT2D eigenvalue weighted by molar-refractivity contribution is 14.1. The van der Waals surface area contributed by atoms with E-state index < -0.39 is 16.5 Å². The van der Waals surface area contributed by atoms with Gasteiger partial charge in [-0.25, -0.2) is 4.79 Å². The number of carbonyl (C=O) groups is 3. The molecule has 4 rings (SSSR count). The van der Waals surface area contributed by atoms with E-state index in [1.54, 1.807) is 0 Å². The number of benzene rings is 1. The van der Waals surface area contributed by atoms with E-state index in [0.717, 1.165) is 9.13 Å². The molecule has 11 heteroatoms. The Morgan fingerprint density at radius 1 is 1.31 bits per heavy atom. The maximum Gasteiger partial charge on any atom is 0.352 e. The van der Waals surface area contributed by atoms with Crippen LogP contribution >= 0.6 is 22.6 Å². The summed E-state index contributed by atoms with van der Waals surface area (Å²) in [6.07, 6.45) is 0. The normalized spacial score (nSPS) is 25.7. The van der Waals surface area contributed by atoms with E-state index in [-0.39, 0.29) is 48.6 Å². The number of hydrogen-bond acceptors (Lipinski definition) is 6. The number of piperazine rings is 1. The van der Waals surface area contributed by atoms with Gasteiger partial charge < -0.3 is 30.3 Å². The van der Waals surface area contributed by atoms with Gasteiger partial charge in [-0.1, -0.05) is 32.9 Å². The number of rotatable bonds is 9. The lowest BCUT2D eigenvalue weighted by Crippen LogP contribution is -2.62. The lowest BCUT2D eigenvalue weighted by atomic mass is 9.74. The summed E-state index contributed by atoms with van der Waals surface area (Å²) in [5.41, 5.74) is 6.96. The SMILES string of the molecule is CC(C)[C@H]1C(=O)N2C(C(=O)O)=C(COc3cccc(CN4CC[N+]([O-])(CC(N)=O)CC4)c3I)[C@H](C)[C@H]12. The highest BCUT2D eigenvalue weighted by Crippen LogP contribution is 2.48. The maximum atomic E-state index is 12.7. The molecule has 3 aliphatic rings. The molecule has 2 fully saturated rings. The van der Waals surface area contributed by atoms with E-state index >= 15 is 0 Å². The highest BCUT2D eigenvalue weighted by atomic mass is 127. The molecule has 3 heterocycles. The average Bonchev–Trinajstić information content (AvgIpc) is 3.03. The number of fused-ring (bicyclic) bond motifs is 1. The Morgan fingerprint density at radius 3 is 2.56 bits per heavy atom. The van der Waals surface area contributed by atoms with Gasteiger partial charge in [-0.05, 0) is 40.1 Å². The Labute approximate surface area is 224 Å². The molecule has 0 bridgehead atoms. The zero-order valence-electron chi connectivity index (χ0n) is 20.8. The fourth-order valence-electron chi connectivity index (χ4n) is 5.68. The van der Waals surface area contributed by atoms with Crippen molar-refractivity contribution >= 4 is 40.4 Å². The van der Waals surface area contributed by atoms with Crippen molar-refractivity contribution in [2.24, 2.45) is 23.5 Å². The van der Waals surface area contributed by atoms with E-state index in [1.807, 2.05) is 39.0 Å². The van der Waals surface area contributed by atoms with E-state index in [1.165, 1.54) is 4.90 Å². The van der Waals surface area contributed by atoms with E-state index in [4.69, 9.17) is 10.5 Å². The van der Waals surface area contributed by atoms with Gasteiger partial charge in [0.1, 0.15) is 18.1 Å². The van der Waals surface area contributed by atoms with Crippen LogP contribution in [0.5, 0.6) is 5.75 Å². The van der Waals surface area contributed by atoms with Gasteiger partial charge in [0.25, 0.3) is 5.91 Å². The molecular weight excluding hydrogens is 579 g/mol. The fraction of sp³-hybridized carbons (Fsp3) is 0.560. The molecule has 2 amide bonds. The van der Waals surface area contributed by atoms with Crippen molar-refractivity contribution in [1.82, 2.24) is 9.80 Å². The van der Waals surface area contributed by atoms with Crippen molar-refractivity contribution in [2.45, 2.75) is 33.4 Å². The Balaban J connectivity index is 1.44. The number of ether oxygens (including phenoxy) is 1. The van der Waals surface area contributed by atoms with Gasteiger partial charge in [-0.2, -0.15) is 0 Å². The third kappa shape index (κ3) is 4.98. The van der Waals surface area contributed by atoms with Crippen LogP contribution in [-0.2, 0) is 20.9 Å². The number of β-lactam (4-membered cyclic amide) rings is 1. The minimum Gasteiger partial charge on any atom is -0.632 e. The average molecular weight is 612 g/mol. The third-order valence-corrected chi connectivity index (χ3v) is 8.85. The zero-order valence-corrected chi connectivity index (χ0v) is 22.9. The summed E-state index contributed by atoms with van der Waals surface area (Å²) in [7, 11) is 0. The summed E-state index contributed by atoms with van der Waals surface area (Å²) in [5, 5.41) is 22.5. The molecule has 2 saturated heterocycles. The second-order valence-corrected chi connectivity index (χ2v) is 11.4. The van der Waals surface area contributed by atoms with E-state index in [2.05, 4.69) is 27.5 Å². The minimum absolute atomic E-state index is 0.0593. The summed E-state index contributed by atoms with van der Waals surface area (Å²) in [6, 6.07) is 5.62. The van der Waals surface area contributed by atoms with Crippen LogP contribution in [0.15, 0.2) is 29.5 Å². The van der Waals surface area contributed by atoms with Crippen LogP contribution in [0.25, 0.3) is 0 Å². The molecular formula is C25H33IN4O6. The Hall–Kier alpha value is -2.22. The van der Waals surface area contributed by atoms with Crippen molar-refractivity contribution in [3.05, 3.63) is 43.8 Å². The number of nitrogens with two attached hydrogens (primary N) is 1. The van der Waals surface area contributed by atoms with Gasteiger partial charge in [0, 0.05) is 31.1 Å². The van der Waals surface area contributed by atoms with Gasteiger partial charge in [0.2, 0.25) is 5.91 Å². The smallest absolute Gasteiger partial charge is 0.352 e. The Morgan fingerprint density at radius 2 is 1.97 bits per heavy atom. The lowest BCUT2D eigenvalue weighted by Gasteiger charge is -2.47. The van der Waals surface area contributed by atoms with Gasteiger partial charge in [0.05, 0.1) is 28.6 Å². The van der Waals surface area contributed by atoms with Crippen LogP contribution in [0, 0.1) is 26.5 Å². The number of hydrogen-bond donors (Lipinski definition) is 2. The Kier molecular flexibility index (Phi) is 7.65. The summed E-state index contributed by atoms with van der Waals surface area (Å²) in [4.78, 5) is 39.6. The van der Waals surface area contributed by atoms with E-state index in [9.17, 15) is 24.7 Å². The molecule has 10 nitrogen and oxygen atoms in total. The van der Waals surface area contributed by atoms with Gasteiger partial charge in [-0.15, -0.1) is 0 Å². The number of quaternary nitrogens is 1. The fourth-order valence-corrected chi connectivity index (χ4v) is 6.37. The van der Waals surface area contributed by atoms with Crippen LogP contribution < -0.4 is 10.5 Å². The van der Waals surface area contributed by atoms with Crippen molar-refractivity contribution in [3.8, 4) is 5.75 Å². The second-order valence-electron chi connectivity index (χ2n) is 10.4. The molecule has 0 spiro atoms. The maximum absolute atomic E-state index is 12.7. The molecule has 3 aliphatic heterocycles. The van der Waals surface area contributed by atoms with Crippen LogP contribution in [0.3, 0.4) is 0 Å². The molecule has 36 heavy (non-hydrogen) atoms. The summed E-state index contributed by atoms with van der Waals surface area (Å²) in [5.74, 6) is -1.27. The molecule has 1 aromatic carbocycles. The molecule has 3 atom stereocenters. The standard InChI is InChI=1S/C25H33IN4O6/c1-14(2)20-22-15(3)17(23(25(33)34)29(22)24(20)32)13-36-18-6-4-5-16(21(18)26)11-28-7-9-30(35,10-8-28)12-19(27)31/h4-6,14-15,20,22H,7-13H2,1-3H3,(H2,27,31)(H,33,34)/t15-,20+,22+/m0/s1. The molecule has 0 unspecified atom stereocenters. The van der Waals surface area contributed by atoms with Gasteiger partial charge in [-0.3, -0.25) is 14.5 Å². The zero-order chi connectivity index (χ0) is 26.4. The lowest BCUT2D eigenvalue weighted by molar-refractivity contribution is -0.877. The Bertz CT molecular complexity index is 1100. The summed E-state index contributed by atoms with van der Waals surface area (Å²) in [6.45, 7) is 8.24. The molecule has 196 valence electrons. The molecule has 1 aromatic rings. The molecule has 0 aromatic heterocycles. The van der Waals surface area contributed by atoms with Crippen LogP contribution in [-0.4, -0.2) is 82.7 Å². The number of hydroxylamine groups is 3. The topological polar surface area (TPSA) is 136 Å². The number of carboxylic acids is 1. The number of amides is 2.